The van der Waals surface area contributed by atoms with E-state index in [2.05, 4.69) is 5.32 Å². The molecule has 1 N–H and O–H groups in total. The number of ether oxygens (including phenoxy) is 1. The van der Waals surface area contributed by atoms with Crippen molar-refractivity contribution in [1.82, 2.24) is 5.32 Å². The molecule has 0 radical (unpaired) electrons. The summed E-state index contributed by atoms with van der Waals surface area (Å²) in [6, 6.07) is 8.48. The topological polar surface area (TPSA) is 65.3 Å². The predicted molar refractivity (Wildman–Crippen MR) is 76.7 cm³/mol. The van der Waals surface area contributed by atoms with Crippen molar-refractivity contribution in [3.05, 3.63) is 64.9 Å². The number of rotatable bonds is 2. The zero-order chi connectivity index (χ0) is 15.5. The number of carbonyl (C=O) groups excluding carboxylic acids is 1. The zero-order valence-electron chi connectivity index (χ0n) is 11.8. The molecule has 114 valence electrons. The first-order chi connectivity index (χ1) is 10.6. The van der Waals surface area contributed by atoms with Crippen LogP contribution in [0.1, 0.15) is 34.9 Å². The average Bonchev–Trinajstić information content (AvgIpc) is 2.70. The van der Waals surface area contributed by atoms with Gasteiger partial charge >= 0.3 is 5.91 Å². The normalized spacial score (nSPS) is 17.0. The summed E-state index contributed by atoms with van der Waals surface area (Å²) in [4.78, 5) is 12.3. The number of halogens is 1. The summed E-state index contributed by atoms with van der Waals surface area (Å²) in [5.74, 6) is -0.313. The number of nitrogens with zero attached hydrogens (tertiary/aromatic N) is 1. The maximum atomic E-state index is 13.5. The molecule has 22 heavy (non-hydrogen) atoms. The van der Waals surface area contributed by atoms with E-state index in [1.54, 1.807) is 18.2 Å². The van der Waals surface area contributed by atoms with Gasteiger partial charge < -0.3 is 15.3 Å². The first kappa shape index (κ1) is 14.3. The Balaban J connectivity index is 1.88. The first-order valence-corrected chi connectivity index (χ1v) is 7.06. The fourth-order valence-electron chi connectivity index (χ4n) is 2.53. The lowest BCUT2D eigenvalue weighted by molar-refractivity contribution is -0.607. The molecule has 1 amide bonds. The van der Waals surface area contributed by atoms with Crippen LogP contribution in [0.5, 0.6) is 5.75 Å². The number of hydrogen-bond donors (Lipinski definition) is 1. The molecule has 0 saturated carbocycles. The standard InChI is InChI=1S/C16H15FN2O3/c17-11-6-7-15-12(10-11)13(4-3-9-22-15)18-16(20)14-5-1-2-8-19(14)21/h1-2,5-8,10,13H,3-4,9H2,(H,18,20). The van der Waals surface area contributed by atoms with Crippen LogP contribution >= 0.6 is 0 Å². The van der Waals surface area contributed by atoms with E-state index in [1.165, 1.54) is 24.4 Å². The molecule has 6 heteroatoms. The van der Waals surface area contributed by atoms with E-state index in [1.807, 2.05) is 0 Å². The maximum absolute atomic E-state index is 13.5. The summed E-state index contributed by atoms with van der Waals surface area (Å²) < 4.78 is 19.6. The highest BCUT2D eigenvalue weighted by atomic mass is 19.1. The van der Waals surface area contributed by atoms with Crippen LogP contribution in [0.2, 0.25) is 0 Å². The Morgan fingerprint density at radius 2 is 2.23 bits per heavy atom. The van der Waals surface area contributed by atoms with E-state index < -0.39 is 5.91 Å². The highest BCUT2D eigenvalue weighted by molar-refractivity contribution is 5.91. The second-order valence-corrected chi connectivity index (χ2v) is 5.11. The van der Waals surface area contributed by atoms with Gasteiger partial charge in [-0.2, -0.15) is 4.73 Å². The molecule has 5 nitrogen and oxygen atoms in total. The Morgan fingerprint density at radius 1 is 1.36 bits per heavy atom. The summed E-state index contributed by atoms with van der Waals surface area (Å²) >= 11 is 0. The second-order valence-electron chi connectivity index (χ2n) is 5.11. The van der Waals surface area contributed by atoms with Gasteiger partial charge in [0.05, 0.1) is 12.6 Å². The lowest BCUT2D eigenvalue weighted by Crippen LogP contribution is -2.40. The molecule has 1 atom stereocenters. The van der Waals surface area contributed by atoms with Crippen LogP contribution in [0, 0.1) is 11.0 Å². The molecule has 1 aliphatic rings. The van der Waals surface area contributed by atoms with Gasteiger partial charge in [-0.1, -0.05) is 0 Å². The highest BCUT2D eigenvalue weighted by Crippen LogP contribution is 2.32. The number of fused-ring (bicyclic) bond motifs is 1. The minimum atomic E-state index is -0.488. The molecule has 2 aromatic rings. The predicted octanol–water partition coefficient (Wildman–Crippen LogP) is 2.10. The number of amides is 1. The summed E-state index contributed by atoms with van der Waals surface area (Å²) in [6.07, 6.45) is 2.61. The Bertz CT molecular complexity index is 706. The monoisotopic (exact) mass is 302 g/mol. The smallest absolute Gasteiger partial charge is 0.317 e. The van der Waals surface area contributed by atoms with Gasteiger partial charge in [0.25, 0.3) is 5.69 Å². The van der Waals surface area contributed by atoms with E-state index in [0.29, 0.717) is 29.1 Å². The Kier molecular flexibility index (Phi) is 3.91. The van der Waals surface area contributed by atoms with E-state index in [0.717, 1.165) is 6.42 Å². The molecule has 1 aliphatic heterocycles. The number of pyridine rings is 1. The van der Waals surface area contributed by atoms with Crippen LogP contribution < -0.4 is 14.8 Å². The van der Waals surface area contributed by atoms with E-state index in [4.69, 9.17) is 4.74 Å². The summed E-state index contributed by atoms with van der Waals surface area (Å²) in [5, 5.41) is 14.4. The minimum Gasteiger partial charge on any atom is -0.618 e. The van der Waals surface area contributed by atoms with Crippen molar-refractivity contribution in [3.8, 4) is 5.75 Å². The molecular weight excluding hydrogens is 287 g/mol. The van der Waals surface area contributed by atoms with E-state index in [9.17, 15) is 14.4 Å². The van der Waals surface area contributed by atoms with Gasteiger partial charge in [-0.3, -0.25) is 4.79 Å². The quantitative estimate of drug-likeness (QED) is 0.682. The molecule has 2 heterocycles. The number of carbonyl (C=O) groups is 1. The number of hydrogen-bond acceptors (Lipinski definition) is 3. The summed E-state index contributed by atoms with van der Waals surface area (Å²) in [6.45, 7) is 0.512. The van der Waals surface area contributed by atoms with Gasteiger partial charge in [-0.25, -0.2) is 4.39 Å². The summed E-state index contributed by atoms with van der Waals surface area (Å²) in [7, 11) is 0. The number of nitrogens with one attached hydrogen (secondary N) is 1. The molecule has 0 spiro atoms. The first-order valence-electron chi connectivity index (χ1n) is 7.06. The third-order valence-electron chi connectivity index (χ3n) is 3.60. The summed E-state index contributed by atoms with van der Waals surface area (Å²) in [5.41, 5.74) is 0.602. The molecule has 0 aliphatic carbocycles. The molecule has 0 fully saturated rings. The van der Waals surface area contributed by atoms with Gasteiger partial charge in [-0.05, 0) is 37.1 Å². The second kappa shape index (κ2) is 6.01. The molecule has 0 saturated heterocycles. The zero-order valence-corrected chi connectivity index (χ0v) is 11.8. The van der Waals surface area contributed by atoms with Gasteiger partial charge in [0, 0.05) is 17.7 Å². The van der Waals surface area contributed by atoms with E-state index in [-0.39, 0.29) is 17.6 Å². The molecular formula is C16H15FN2O3. The van der Waals surface area contributed by atoms with Crippen LogP contribution in [-0.2, 0) is 0 Å². The Hall–Kier alpha value is -2.63. The average molecular weight is 302 g/mol. The third kappa shape index (κ3) is 2.86. The van der Waals surface area contributed by atoms with Crippen LogP contribution in [0.25, 0.3) is 0 Å². The van der Waals surface area contributed by atoms with Crippen LogP contribution in [-0.4, -0.2) is 12.5 Å². The highest BCUT2D eigenvalue weighted by Gasteiger charge is 2.25. The van der Waals surface area contributed by atoms with Crippen LogP contribution in [0.4, 0.5) is 4.39 Å². The van der Waals surface area contributed by atoms with Crippen molar-refractivity contribution in [3.63, 3.8) is 0 Å². The van der Waals surface area contributed by atoms with Crippen molar-refractivity contribution < 1.29 is 18.7 Å². The fourth-order valence-corrected chi connectivity index (χ4v) is 2.53. The van der Waals surface area contributed by atoms with Crippen molar-refractivity contribution in [2.24, 2.45) is 0 Å². The molecule has 0 bridgehead atoms. The van der Waals surface area contributed by atoms with Gasteiger partial charge in [0.1, 0.15) is 11.6 Å². The fraction of sp³-hybridized carbons (Fsp3) is 0.250. The SMILES string of the molecule is O=C(NC1CCCOc2ccc(F)cc21)c1cccc[n+]1[O-]. The van der Waals surface area contributed by atoms with Crippen molar-refractivity contribution in [2.45, 2.75) is 18.9 Å². The lowest BCUT2D eigenvalue weighted by atomic mass is 10.0. The van der Waals surface area contributed by atoms with Crippen molar-refractivity contribution >= 4 is 5.91 Å². The Morgan fingerprint density at radius 3 is 3.05 bits per heavy atom. The van der Waals surface area contributed by atoms with Gasteiger partial charge in [0.15, 0.2) is 6.20 Å². The van der Waals surface area contributed by atoms with Crippen LogP contribution in [0.15, 0.2) is 42.6 Å². The maximum Gasteiger partial charge on any atom is 0.317 e. The molecule has 1 aromatic heterocycles. The molecule has 1 unspecified atom stereocenters. The minimum absolute atomic E-state index is 0.00520. The lowest BCUT2D eigenvalue weighted by Gasteiger charge is -2.18. The Labute approximate surface area is 126 Å². The van der Waals surface area contributed by atoms with Crippen molar-refractivity contribution in [2.75, 3.05) is 6.61 Å². The largest absolute Gasteiger partial charge is 0.618 e. The third-order valence-corrected chi connectivity index (χ3v) is 3.60. The number of aromatic nitrogens is 1. The molecule has 3 rings (SSSR count). The van der Waals surface area contributed by atoms with E-state index >= 15 is 0 Å². The van der Waals surface area contributed by atoms with Crippen LogP contribution in [0.3, 0.4) is 0 Å². The van der Waals surface area contributed by atoms with Gasteiger partial charge in [0.2, 0.25) is 0 Å². The van der Waals surface area contributed by atoms with Gasteiger partial charge in [-0.15, -0.1) is 0 Å². The number of benzene rings is 1. The van der Waals surface area contributed by atoms with Crippen molar-refractivity contribution in [1.29, 1.82) is 0 Å². The molecule has 1 aromatic carbocycles.